The van der Waals surface area contributed by atoms with E-state index in [2.05, 4.69) is 25.4 Å². The average molecular weight is 358 g/mol. The molecule has 8 nitrogen and oxygen atoms in total. The second-order valence-corrected chi connectivity index (χ2v) is 6.64. The maximum absolute atomic E-state index is 5.82. The molecule has 2 aliphatic rings. The predicted molar refractivity (Wildman–Crippen MR) is 96.4 cm³/mol. The first-order valence-corrected chi connectivity index (χ1v) is 9.20. The molecule has 1 aromatic carbocycles. The summed E-state index contributed by atoms with van der Waals surface area (Å²) in [7, 11) is 1.98. The van der Waals surface area contributed by atoms with E-state index in [1.54, 1.807) is 0 Å². The highest BCUT2D eigenvalue weighted by molar-refractivity contribution is 5.74. The van der Waals surface area contributed by atoms with Gasteiger partial charge in [-0.3, -0.25) is 0 Å². The van der Waals surface area contributed by atoms with Crippen LogP contribution in [0.15, 0.2) is 34.8 Å². The van der Waals surface area contributed by atoms with Crippen LogP contribution in [0.25, 0.3) is 0 Å². The highest BCUT2D eigenvalue weighted by Crippen LogP contribution is 2.45. The largest absolute Gasteiger partial charge is 0.489 e. The standard InChI is InChI=1S/C18H25N6O2/c1-22-6-7-24(5-3-2-4-19)18(22)21-20-14-12-15-17-16(13-14)26-11-9-23(17)8-10-25-15/h6-7,12-13H,2-5,8-11,19H2,1H3/q+1/p+1. The first-order valence-electron chi connectivity index (χ1n) is 9.20. The molecule has 3 N–H and O–H groups in total. The van der Waals surface area contributed by atoms with Crippen molar-refractivity contribution in [1.29, 1.82) is 0 Å². The average Bonchev–Trinajstić information content (AvgIpc) is 3.00. The summed E-state index contributed by atoms with van der Waals surface area (Å²) in [6.07, 6.45) is 6.23. The normalized spacial score (nSPS) is 15.7. The molecule has 138 valence electrons. The van der Waals surface area contributed by atoms with Gasteiger partial charge in [0.2, 0.25) is 0 Å². The molecule has 0 radical (unpaired) electrons. The summed E-state index contributed by atoms with van der Waals surface area (Å²) in [5.74, 6) is 2.49. The van der Waals surface area contributed by atoms with E-state index in [9.17, 15) is 0 Å². The van der Waals surface area contributed by atoms with Gasteiger partial charge in [0, 0.05) is 17.2 Å². The Kier molecular flexibility index (Phi) is 4.75. The zero-order valence-corrected chi connectivity index (χ0v) is 15.2. The van der Waals surface area contributed by atoms with Gasteiger partial charge in [0.15, 0.2) is 0 Å². The smallest absolute Gasteiger partial charge is 0.421 e. The number of imidazole rings is 1. The molecule has 1 aromatic heterocycles. The number of ether oxygens (including phenoxy) is 2. The van der Waals surface area contributed by atoms with Gasteiger partial charge in [0.1, 0.15) is 36.1 Å². The summed E-state index contributed by atoms with van der Waals surface area (Å²) in [6.45, 7) is 5.07. The number of hydrogen-bond acceptors (Lipinski definition) is 5. The van der Waals surface area contributed by atoms with Gasteiger partial charge in [-0.2, -0.15) is 0 Å². The van der Waals surface area contributed by atoms with Crippen LogP contribution in [0.5, 0.6) is 11.5 Å². The van der Waals surface area contributed by atoms with Crippen molar-refractivity contribution in [2.45, 2.75) is 19.4 Å². The Bertz CT molecular complexity index is 785. The molecule has 0 spiro atoms. The van der Waals surface area contributed by atoms with Gasteiger partial charge in [-0.15, -0.1) is 0 Å². The minimum absolute atomic E-state index is 0.692. The van der Waals surface area contributed by atoms with Crippen LogP contribution in [0.3, 0.4) is 0 Å². The molecule has 0 saturated carbocycles. The zero-order valence-electron chi connectivity index (χ0n) is 15.2. The van der Waals surface area contributed by atoms with Crippen LogP contribution >= 0.6 is 0 Å². The molecule has 2 aromatic rings. The third-order valence-electron chi connectivity index (χ3n) is 4.78. The summed E-state index contributed by atoms with van der Waals surface area (Å²) in [4.78, 5) is 2.31. The number of azo groups is 1. The van der Waals surface area contributed by atoms with Crippen LogP contribution in [0.4, 0.5) is 17.3 Å². The minimum atomic E-state index is 0.692. The van der Waals surface area contributed by atoms with Gasteiger partial charge >= 0.3 is 5.95 Å². The number of benzene rings is 1. The lowest BCUT2D eigenvalue weighted by Gasteiger charge is -2.35. The summed E-state index contributed by atoms with van der Waals surface area (Å²) >= 11 is 0. The first-order chi connectivity index (χ1) is 12.8. The fourth-order valence-corrected chi connectivity index (χ4v) is 3.41. The number of hydrogen-bond donors (Lipinski definition) is 1. The monoisotopic (exact) mass is 358 g/mol. The van der Waals surface area contributed by atoms with E-state index in [0.29, 0.717) is 13.2 Å². The molecule has 0 saturated heterocycles. The van der Waals surface area contributed by atoms with Gasteiger partial charge in [-0.1, -0.05) is 5.11 Å². The van der Waals surface area contributed by atoms with E-state index in [0.717, 1.165) is 67.8 Å². The summed E-state index contributed by atoms with van der Waals surface area (Å²) in [5, 5.41) is 8.94. The van der Waals surface area contributed by atoms with Crippen molar-refractivity contribution in [3.05, 3.63) is 24.5 Å². The Morgan fingerprint density at radius 2 is 1.85 bits per heavy atom. The van der Waals surface area contributed by atoms with E-state index in [-0.39, 0.29) is 0 Å². The molecule has 0 amide bonds. The third kappa shape index (κ3) is 3.24. The van der Waals surface area contributed by atoms with Crippen molar-refractivity contribution in [2.24, 2.45) is 17.3 Å². The van der Waals surface area contributed by atoms with Crippen LogP contribution in [0.2, 0.25) is 0 Å². The number of aryl methyl sites for hydroxylation is 2. The van der Waals surface area contributed by atoms with E-state index >= 15 is 0 Å². The van der Waals surface area contributed by atoms with Crippen molar-refractivity contribution < 1.29 is 19.8 Å². The van der Waals surface area contributed by atoms with Crippen LogP contribution in [0, 0.1) is 0 Å². The van der Waals surface area contributed by atoms with Crippen molar-refractivity contribution in [3.63, 3.8) is 0 Å². The maximum Gasteiger partial charge on any atom is 0.421 e. The fraction of sp³-hybridized carbons (Fsp3) is 0.500. The SMILES string of the molecule is C[n+]1ccn(CCCC[NH3+])c1N=Nc1cc2c3c(c1)OCCN3CCO2. The highest BCUT2D eigenvalue weighted by Gasteiger charge is 2.27. The van der Waals surface area contributed by atoms with E-state index in [1.165, 1.54) is 0 Å². The van der Waals surface area contributed by atoms with Gasteiger partial charge < -0.3 is 20.1 Å². The van der Waals surface area contributed by atoms with Crippen LogP contribution < -0.4 is 24.7 Å². The van der Waals surface area contributed by atoms with E-state index in [1.807, 2.05) is 36.1 Å². The van der Waals surface area contributed by atoms with Crippen LogP contribution in [-0.4, -0.2) is 37.4 Å². The summed E-state index contributed by atoms with van der Waals surface area (Å²) < 4.78 is 15.7. The molecule has 4 rings (SSSR count). The number of rotatable bonds is 6. The van der Waals surface area contributed by atoms with Crippen LogP contribution in [-0.2, 0) is 13.6 Å². The maximum atomic E-state index is 5.82. The number of nitrogens with zero attached hydrogens (tertiary/aromatic N) is 5. The molecule has 0 fully saturated rings. The molecule has 0 atom stereocenters. The Balaban J connectivity index is 1.59. The number of quaternary nitrogens is 1. The third-order valence-corrected chi connectivity index (χ3v) is 4.78. The number of unbranched alkanes of at least 4 members (excludes halogenated alkanes) is 1. The second kappa shape index (κ2) is 7.33. The summed E-state index contributed by atoms with van der Waals surface area (Å²) in [6, 6.07) is 3.89. The van der Waals surface area contributed by atoms with Crippen molar-refractivity contribution in [2.75, 3.05) is 37.7 Å². The van der Waals surface area contributed by atoms with E-state index in [4.69, 9.17) is 9.47 Å². The Morgan fingerprint density at radius 3 is 2.54 bits per heavy atom. The topological polar surface area (TPSA) is 82.9 Å². The van der Waals surface area contributed by atoms with Gasteiger partial charge in [-0.05, 0) is 12.8 Å². The Morgan fingerprint density at radius 1 is 1.12 bits per heavy atom. The molecular formula is C18H26N6O2+2. The number of aromatic nitrogens is 2. The van der Waals surface area contributed by atoms with E-state index < -0.39 is 0 Å². The Hall–Kier alpha value is -2.61. The minimum Gasteiger partial charge on any atom is -0.489 e. The Labute approximate surface area is 152 Å². The lowest BCUT2D eigenvalue weighted by atomic mass is 10.1. The molecule has 2 aliphatic heterocycles. The predicted octanol–water partition coefficient (Wildman–Crippen LogP) is 1.34. The zero-order chi connectivity index (χ0) is 17.9. The van der Waals surface area contributed by atoms with Gasteiger partial charge in [0.05, 0.1) is 45.6 Å². The second-order valence-electron chi connectivity index (χ2n) is 6.64. The molecule has 0 bridgehead atoms. The first kappa shape index (κ1) is 16.8. The molecule has 0 aliphatic carbocycles. The lowest BCUT2D eigenvalue weighted by Crippen LogP contribution is -2.50. The highest BCUT2D eigenvalue weighted by atomic mass is 16.5. The summed E-state index contributed by atoms with van der Waals surface area (Å²) in [5.41, 5.74) is 5.69. The van der Waals surface area contributed by atoms with Gasteiger partial charge in [-0.25, -0.2) is 9.13 Å². The van der Waals surface area contributed by atoms with Crippen molar-refractivity contribution in [1.82, 2.24) is 4.57 Å². The van der Waals surface area contributed by atoms with Crippen LogP contribution in [0.1, 0.15) is 12.8 Å². The van der Waals surface area contributed by atoms with Crippen molar-refractivity contribution in [3.8, 4) is 11.5 Å². The van der Waals surface area contributed by atoms with Crippen molar-refractivity contribution >= 4 is 17.3 Å². The molecule has 26 heavy (non-hydrogen) atoms. The lowest BCUT2D eigenvalue weighted by molar-refractivity contribution is -0.657. The number of anilines is 1. The van der Waals surface area contributed by atoms with Gasteiger partial charge in [0.25, 0.3) is 0 Å². The molecule has 0 unspecified atom stereocenters. The quantitative estimate of drug-likeness (QED) is 0.481. The molecule has 3 heterocycles. The molecular weight excluding hydrogens is 332 g/mol. The fourth-order valence-electron chi connectivity index (χ4n) is 3.41. The molecule has 8 heteroatoms.